The zero-order valence-electron chi connectivity index (χ0n) is 13.5. The van der Waals surface area contributed by atoms with Gasteiger partial charge in [0, 0.05) is 24.5 Å². The first-order valence-electron chi connectivity index (χ1n) is 7.50. The molecule has 0 aliphatic carbocycles. The number of carboxylic acids is 1. The van der Waals surface area contributed by atoms with Gasteiger partial charge in [0.1, 0.15) is 5.69 Å². The van der Waals surface area contributed by atoms with Crippen molar-refractivity contribution in [2.24, 2.45) is 5.41 Å². The summed E-state index contributed by atoms with van der Waals surface area (Å²) in [6, 6.07) is 0.192. The SMILES string of the molecule is C[C@H]1CCCN1C(=O)c1csc(C(=O)NCC(C)(C)C(=O)O)n1. The van der Waals surface area contributed by atoms with Crippen LogP contribution in [0.1, 0.15) is 53.9 Å². The van der Waals surface area contributed by atoms with Crippen LogP contribution in [0.3, 0.4) is 0 Å². The fourth-order valence-electron chi connectivity index (χ4n) is 2.31. The molecule has 0 spiro atoms. The molecule has 2 rings (SSSR count). The number of aliphatic carboxylic acids is 1. The van der Waals surface area contributed by atoms with Crippen LogP contribution in [0.25, 0.3) is 0 Å². The first-order chi connectivity index (χ1) is 10.7. The van der Waals surface area contributed by atoms with Crippen LogP contribution in [-0.4, -0.2) is 51.9 Å². The number of aromatic nitrogens is 1. The largest absolute Gasteiger partial charge is 0.481 e. The van der Waals surface area contributed by atoms with Gasteiger partial charge in [0.2, 0.25) is 0 Å². The molecule has 2 heterocycles. The van der Waals surface area contributed by atoms with E-state index in [4.69, 9.17) is 5.11 Å². The summed E-state index contributed by atoms with van der Waals surface area (Å²) in [5.74, 6) is -1.61. The molecule has 1 aliphatic heterocycles. The summed E-state index contributed by atoms with van der Waals surface area (Å²) in [6.45, 7) is 5.76. The summed E-state index contributed by atoms with van der Waals surface area (Å²) in [6.07, 6.45) is 1.96. The van der Waals surface area contributed by atoms with Gasteiger partial charge in [-0.05, 0) is 33.6 Å². The summed E-state index contributed by atoms with van der Waals surface area (Å²) in [5, 5.41) is 13.3. The zero-order valence-corrected chi connectivity index (χ0v) is 14.3. The molecule has 126 valence electrons. The molecule has 2 N–H and O–H groups in total. The van der Waals surface area contributed by atoms with Crippen LogP contribution in [0.4, 0.5) is 0 Å². The molecule has 1 atom stereocenters. The number of nitrogens with one attached hydrogen (secondary N) is 1. The summed E-state index contributed by atoms with van der Waals surface area (Å²) in [5.41, 5.74) is -0.789. The Hall–Kier alpha value is -1.96. The fourth-order valence-corrected chi connectivity index (χ4v) is 3.02. The number of likely N-dealkylation sites (tertiary alicyclic amines) is 1. The molecular weight excluding hydrogens is 318 g/mol. The molecule has 1 aliphatic rings. The van der Waals surface area contributed by atoms with Crippen molar-refractivity contribution in [3.63, 3.8) is 0 Å². The number of thiazole rings is 1. The molecule has 8 heteroatoms. The molecule has 1 aromatic rings. The lowest BCUT2D eigenvalue weighted by Crippen LogP contribution is -2.39. The Bertz CT molecular complexity index is 626. The van der Waals surface area contributed by atoms with E-state index in [-0.39, 0.29) is 29.2 Å². The van der Waals surface area contributed by atoms with E-state index < -0.39 is 17.3 Å². The van der Waals surface area contributed by atoms with E-state index in [2.05, 4.69) is 10.3 Å². The second-order valence-electron chi connectivity index (χ2n) is 6.40. The molecule has 0 aromatic carbocycles. The standard InChI is InChI=1S/C15H21N3O4S/c1-9-5-4-6-18(9)13(20)10-7-23-12(17-10)11(19)16-8-15(2,3)14(21)22/h7,9H,4-6,8H2,1-3H3,(H,16,19)(H,21,22)/t9-/m0/s1. The fraction of sp³-hybridized carbons (Fsp3) is 0.600. The van der Waals surface area contributed by atoms with E-state index in [1.54, 1.807) is 10.3 Å². The highest BCUT2D eigenvalue weighted by molar-refractivity contribution is 7.11. The number of hydrogen-bond donors (Lipinski definition) is 2. The normalized spacial score (nSPS) is 18.0. The van der Waals surface area contributed by atoms with Gasteiger partial charge < -0.3 is 15.3 Å². The molecule has 23 heavy (non-hydrogen) atoms. The van der Waals surface area contributed by atoms with Crippen molar-refractivity contribution in [1.29, 1.82) is 0 Å². The predicted octanol–water partition coefficient (Wildman–Crippen LogP) is 1.61. The average Bonchev–Trinajstić information content (AvgIpc) is 3.13. The van der Waals surface area contributed by atoms with Crippen LogP contribution in [0.15, 0.2) is 5.38 Å². The van der Waals surface area contributed by atoms with Crippen LogP contribution in [0.5, 0.6) is 0 Å². The highest BCUT2D eigenvalue weighted by Gasteiger charge is 2.30. The highest BCUT2D eigenvalue weighted by Crippen LogP contribution is 2.21. The highest BCUT2D eigenvalue weighted by atomic mass is 32.1. The number of hydrogen-bond acceptors (Lipinski definition) is 5. The summed E-state index contributed by atoms with van der Waals surface area (Å²) in [7, 11) is 0. The van der Waals surface area contributed by atoms with E-state index in [0.717, 1.165) is 24.2 Å². The van der Waals surface area contributed by atoms with Crippen LogP contribution in [-0.2, 0) is 4.79 Å². The first kappa shape index (κ1) is 17.4. The number of carboxylic acid groups (broad SMARTS) is 1. The lowest BCUT2D eigenvalue weighted by atomic mass is 9.94. The van der Waals surface area contributed by atoms with Gasteiger partial charge in [-0.1, -0.05) is 0 Å². The van der Waals surface area contributed by atoms with E-state index >= 15 is 0 Å². The van der Waals surface area contributed by atoms with Gasteiger partial charge in [-0.15, -0.1) is 11.3 Å². The maximum Gasteiger partial charge on any atom is 0.310 e. The topological polar surface area (TPSA) is 99.6 Å². The van der Waals surface area contributed by atoms with Crippen LogP contribution >= 0.6 is 11.3 Å². The maximum absolute atomic E-state index is 12.4. The summed E-state index contributed by atoms with van der Waals surface area (Å²) in [4.78, 5) is 41.3. The third kappa shape index (κ3) is 3.87. The van der Waals surface area contributed by atoms with Gasteiger partial charge in [0.25, 0.3) is 11.8 Å². The minimum atomic E-state index is -1.06. The Morgan fingerprint density at radius 3 is 2.74 bits per heavy atom. The van der Waals surface area contributed by atoms with Crippen molar-refractivity contribution in [1.82, 2.24) is 15.2 Å². The van der Waals surface area contributed by atoms with Crippen molar-refractivity contribution in [3.8, 4) is 0 Å². The minimum absolute atomic E-state index is 0.00676. The van der Waals surface area contributed by atoms with Gasteiger partial charge >= 0.3 is 5.97 Å². The Morgan fingerprint density at radius 2 is 2.17 bits per heavy atom. The first-order valence-corrected chi connectivity index (χ1v) is 8.38. The quantitative estimate of drug-likeness (QED) is 0.849. The smallest absolute Gasteiger partial charge is 0.310 e. The van der Waals surface area contributed by atoms with Crippen molar-refractivity contribution in [2.45, 2.75) is 39.7 Å². The van der Waals surface area contributed by atoms with E-state index in [0.29, 0.717) is 6.54 Å². The molecule has 1 fully saturated rings. The van der Waals surface area contributed by atoms with E-state index in [1.165, 1.54) is 13.8 Å². The zero-order chi connectivity index (χ0) is 17.2. The second-order valence-corrected chi connectivity index (χ2v) is 7.26. The van der Waals surface area contributed by atoms with Gasteiger partial charge in [0.05, 0.1) is 5.41 Å². The second kappa shape index (κ2) is 6.66. The minimum Gasteiger partial charge on any atom is -0.481 e. The number of rotatable bonds is 5. The van der Waals surface area contributed by atoms with Crippen LogP contribution < -0.4 is 5.32 Å². The molecule has 0 bridgehead atoms. The Morgan fingerprint density at radius 1 is 1.48 bits per heavy atom. The molecule has 1 saturated heterocycles. The maximum atomic E-state index is 12.4. The molecule has 1 aromatic heterocycles. The molecule has 0 radical (unpaired) electrons. The lowest BCUT2D eigenvalue weighted by Gasteiger charge is -2.20. The van der Waals surface area contributed by atoms with Crippen molar-refractivity contribution >= 4 is 29.1 Å². The van der Waals surface area contributed by atoms with Crippen LogP contribution in [0.2, 0.25) is 0 Å². The van der Waals surface area contributed by atoms with Gasteiger partial charge in [-0.25, -0.2) is 4.98 Å². The van der Waals surface area contributed by atoms with E-state index in [1.807, 2.05) is 6.92 Å². The molecule has 0 saturated carbocycles. The average molecular weight is 339 g/mol. The third-order valence-electron chi connectivity index (χ3n) is 4.00. The molecule has 7 nitrogen and oxygen atoms in total. The lowest BCUT2D eigenvalue weighted by molar-refractivity contribution is -0.146. The van der Waals surface area contributed by atoms with Crippen molar-refractivity contribution in [2.75, 3.05) is 13.1 Å². The van der Waals surface area contributed by atoms with Gasteiger partial charge in [0.15, 0.2) is 5.01 Å². The van der Waals surface area contributed by atoms with Gasteiger partial charge in [-0.3, -0.25) is 14.4 Å². The third-order valence-corrected chi connectivity index (χ3v) is 4.84. The Kier molecular flexibility index (Phi) is 5.03. The van der Waals surface area contributed by atoms with E-state index in [9.17, 15) is 14.4 Å². The summed E-state index contributed by atoms with van der Waals surface area (Å²) >= 11 is 1.09. The number of nitrogens with zero attached hydrogens (tertiary/aromatic N) is 2. The molecule has 2 amide bonds. The Labute approximate surface area is 138 Å². The number of amides is 2. The van der Waals surface area contributed by atoms with Gasteiger partial charge in [-0.2, -0.15) is 0 Å². The molecule has 0 unspecified atom stereocenters. The van der Waals surface area contributed by atoms with Crippen molar-refractivity contribution in [3.05, 3.63) is 16.1 Å². The van der Waals surface area contributed by atoms with Crippen LogP contribution in [0, 0.1) is 5.41 Å². The summed E-state index contributed by atoms with van der Waals surface area (Å²) < 4.78 is 0. The number of carbonyl (C=O) groups is 3. The monoisotopic (exact) mass is 339 g/mol. The molecular formula is C15H21N3O4S. The predicted molar refractivity (Wildman–Crippen MR) is 85.6 cm³/mol. The van der Waals surface area contributed by atoms with Crippen molar-refractivity contribution < 1.29 is 19.5 Å². The Balaban J connectivity index is 2.00. The number of carbonyl (C=O) groups excluding carboxylic acids is 2.